The summed E-state index contributed by atoms with van der Waals surface area (Å²) in [5, 5.41) is 20.8. The van der Waals surface area contributed by atoms with Gasteiger partial charge in [0.2, 0.25) is 0 Å². The number of nitrogens with zero attached hydrogens (tertiary/aromatic N) is 2. The first-order valence-corrected chi connectivity index (χ1v) is 5.02. The fourth-order valence-electron chi connectivity index (χ4n) is 1.44. The van der Waals surface area contributed by atoms with E-state index >= 15 is 0 Å². The van der Waals surface area contributed by atoms with E-state index in [1.54, 1.807) is 30.7 Å². The molecule has 0 bridgehead atoms. The van der Waals surface area contributed by atoms with Gasteiger partial charge in [0, 0.05) is 17.8 Å². The molecule has 1 aromatic heterocycles. The Bertz CT molecular complexity index is 588. The summed E-state index contributed by atoms with van der Waals surface area (Å²) in [6, 6.07) is 10.9. The number of furan rings is 1. The Morgan fingerprint density at radius 2 is 1.94 bits per heavy atom. The maximum Gasteiger partial charge on any atom is 0.101 e. The molecule has 82 valence electrons. The highest BCUT2D eigenvalue weighted by molar-refractivity contribution is 5.56. The van der Waals surface area contributed by atoms with Crippen LogP contribution < -0.4 is 5.32 Å². The van der Waals surface area contributed by atoms with Crippen molar-refractivity contribution in [1.29, 1.82) is 10.5 Å². The summed E-state index contributed by atoms with van der Waals surface area (Å²) in [7, 11) is 0. The van der Waals surface area contributed by atoms with Crippen molar-refractivity contribution < 1.29 is 4.42 Å². The highest BCUT2D eigenvalue weighted by atomic mass is 16.3. The monoisotopic (exact) mass is 223 g/mol. The SMILES string of the molecule is N#Cc1ccc(NCc2ccoc2)cc1C#N. The molecular weight excluding hydrogens is 214 g/mol. The number of hydrogen-bond donors (Lipinski definition) is 1. The Labute approximate surface area is 98.7 Å². The fourth-order valence-corrected chi connectivity index (χ4v) is 1.44. The summed E-state index contributed by atoms with van der Waals surface area (Å²) in [4.78, 5) is 0. The van der Waals surface area contributed by atoms with Crippen LogP contribution in [0.1, 0.15) is 16.7 Å². The topological polar surface area (TPSA) is 72.8 Å². The molecule has 1 N–H and O–H groups in total. The van der Waals surface area contributed by atoms with Crippen molar-refractivity contribution >= 4 is 5.69 Å². The van der Waals surface area contributed by atoms with Crippen LogP contribution in [0.25, 0.3) is 0 Å². The van der Waals surface area contributed by atoms with Crippen LogP contribution in [-0.2, 0) is 6.54 Å². The highest BCUT2D eigenvalue weighted by Gasteiger charge is 2.02. The second-order valence-electron chi connectivity index (χ2n) is 3.47. The summed E-state index contributed by atoms with van der Waals surface area (Å²) in [5.74, 6) is 0. The van der Waals surface area contributed by atoms with E-state index in [0.29, 0.717) is 17.7 Å². The van der Waals surface area contributed by atoms with Crippen LogP contribution in [0.4, 0.5) is 5.69 Å². The molecule has 0 fully saturated rings. The van der Waals surface area contributed by atoms with Gasteiger partial charge in [0.25, 0.3) is 0 Å². The van der Waals surface area contributed by atoms with Gasteiger partial charge in [-0.05, 0) is 24.3 Å². The predicted molar refractivity (Wildman–Crippen MR) is 61.9 cm³/mol. The maximum atomic E-state index is 8.88. The van der Waals surface area contributed by atoms with Crippen molar-refractivity contribution in [2.75, 3.05) is 5.32 Å². The van der Waals surface area contributed by atoms with Crippen LogP contribution in [-0.4, -0.2) is 0 Å². The van der Waals surface area contributed by atoms with Crippen LogP contribution in [0.5, 0.6) is 0 Å². The average Bonchev–Trinajstić information content (AvgIpc) is 2.89. The largest absolute Gasteiger partial charge is 0.472 e. The van der Waals surface area contributed by atoms with Crippen LogP contribution in [0.15, 0.2) is 41.2 Å². The molecule has 0 aliphatic heterocycles. The second-order valence-corrected chi connectivity index (χ2v) is 3.47. The van der Waals surface area contributed by atoms with Crippen LogP contribution >= 0.6 is 0 Å². The normalized spacial score (nSPS) is 9.29. The summed E-state index contributed by atoms with van der Waals surface area (Å²) in [6.07, 6.45) is 3.26. The standard InChI is InChI=1S/C13H9N3O/c14-6-11-1-2-13(5-12(11)7-15)16-8-10-3-4-17-9-10/h1-5,9,16H,8H2. The molecule has 0 radical (unpaired) electrons. The van der Waals surface area contributed by atoms with E-state index in [2.05, 4.69) is 5.32 Å². The Morgan fingerprint density at radius 3 is 2.59 bits per heavy atom. The second kappa shape index (κ2) is 4.87. The van der Waals surface area contributed by atoms with Gasteiger partial charge in [0.1, 0.15) is 12.1 Å². The Balaban J connectivity index is 2.13. The first kappa shape index (κ1) is 10.8. The van der Waals surface area contributed by atoms with Gasteiger partial charge in [-0.1, -0.05) is 0 Å². The fraction of sp³-hybridized carbons (Fsp3) is 0.0769. The number of nitriles is 2. The molecule has 0 saturated carbocycles. The third-order valence-electron chi connectivity index (χ3n) is 2.34. The maximum absolute atomic E-state index is 8.88. The van der Waals surface area contributed by atoms with Crippen LogP contribution in [0.3, 0.4) is 0 Å². The summed E-state index contributed by atoms with van der Waals surface area (Å²) in [5.41, 5.74) is 2.60. The smallest absolute Gasteiger partial charge is 0.101 e. The lowest BCUT2D eigenvalue weighted by Gasteiger charge is -2.05. The van der Waals surface area contributed by atoms with Crippen molar-refractivity contribution in [1.82, 2.24) is 0 Å². The molecule has 0 unspecified atom stereocenters. The van der Waals surface area contributed by atoms with Gasteiger partial charge in [0.15, 0.2) is 0 Å². The molecule has 1 aromatic carbocycles. The van der Waals surface area contributed by atoms with Gasteiger partial charge >= 0.3 is 0 Å². The number of rotatable bonds is 3. The quantitative estimate of drug-likeness (QED) is 0.868. The minimum atomic E-state index is 0.379. The molecule has 4 nitrogen and oxygen atoms in total. The molecule has 1 heterocycles. The molecule has 0 spiro atoms. The number of hydrogen-bond acceptors (Lipinski definition) is 4. The van der Waals surface area contributed by atoms with E-state index in [0.717, 1.165) is 11.3 Å². The van der Waals surface area contributed by atoms with Crippen molar-refractivity contribution in [3.8, 4) is 12.1 Å². The van der Waals surface area contributed by atoms with Gasteiger partial charge < -0.3 is 9.73 Å². The molecule has 0 atom stereocenters. The molecule has 0 aliphatic carbocycles. The van der Waals surface area contributed by atoms with Gasteiger partial charge in [-0.25, -0.2) is 0 Å². The van der Waals surface area contributed by atoms with E-state index in [1.165, 1.54) is 0 Å². The third kappa shape index (κ3) is 2.45. The Morgan fingerprint density at radius 1 is 1.12 bits per heavy atom. The van der Waals surface area contributed by atoms with Crippen molar-refractivity contribution in [2.24, 2.45) is 0 Å². The van der Waals surface area contributed by atoms with E-state index in [-0.39, 0.29) is 0 Å². The zero-order valence-corrected chi connectivity index (χ0v) is 8.97. The predicted octanol–water partition coefficient (Wildman–Crippen LogP) is 2.64. The molecule has 4 heteroatoms. The third-order valence-corrected chi connectivity index (χ3v) is 2.34. The molecule has 0 amide bonds. The lowest BCUT2D eigenvalue weighted by molar-refractivity contribution is 0.564. The van der Waals surface area contributed by atoms with Crippen LogP contribution in [0.2, 0.25) is 0 Å². The van der Waals surface area contributed by atoms with E-state index < -0.39 is 0 Å². The first-order valence-electron chi connectivity index (χ1n) is 5.02. The zero-order valence-electron chi connectivity index (χ0n) is 8.97. The summed E-state index contributed by atoms with van der Waals surface area (Å²) >= 11 is 0. The average molecular weight is 223 g/mol. The highest BCUT2D eigenvalue weighted by Crippen LogP contribution is 2.15. The summed E-state index contributed by atoms with van der Waals surface area (Å²) in [6.45, 7) is 0.618. The minimum absolute atomic E-state index is 0.379. The summed E-state index contributed by atoms with van der Waals surface area (Å²) < 4.78 is 4.95. The Hall–Kier alpha value is -2.72. The lowest BCUT2D eigenvalue weighted by Crippen LogP contribution is -1.98. The minimum Gasteiger partial charge on any atom is -0.472 e. The van der Waals surface area contributed by atoms with E-state index in [1.807, 2.05) is 18.2 Å². The van der Waals surface area contributed by atoms with E-state index in [4.69, 9.17) is 14.9 Å². The zero-order chi connectivity index (χ0) is 12.1. The molecule has 0 aliphatic rings. The van der Waals surface area contributed by atoms with Gasteiger partial charge in [-0.2, -0.15) is 10.5 Å². The van der Waals surface area contributed by atoms with Gasteiger partial charge in [-0.3, -0.25) is 0 Å². The van der Waals surface area contributed by atoms with Gasteiger partial charge in [0.05, 0.1) is 23.7 Å². The molecule has 2 rings (SSSR count). The molecule has 2 aromatic rings. The number of benzene rings is 1. The lowest BCUT2D eigenvalue weighted by atomic mass is 10.1. The van der Waals surface area contributed by atoms with E-state index in [9.17, 15) is 0 Å². The molecule has 17 heavy (non-hydrogen) atoms. The van der Waals surface area contributed by atoms with Crippen molar-refractivity contribution in [2.45, 2.75) is 6.54 Å². The molecule has 0 saturated heterocycles. The number of nitrogens with one attached hydrogen (secondary N) is 1. The van der Waals surface area contributed by atoms with Crippen molar-refractivity contribution in [3.05, 3.63) is 53.5 Å². The first-order chi connectivity index (χ1) is 8.33. The number of anilines is 1. The van der Waals surface area contributed by atoms with Crippen LogP contribution in [0, 0.1) is 22.7 Å². The molecular formula is C13H9N3O. The van der Waals surface area contributed by atoms with Crippen molar-refractivity contribution in [3.63, 3.8) is 0 Å². The van der Waals surface area contributed by atoms with Gasteiger partial charge in [-0.15, -0.1) is 0 Å². The Kier molecular flexibility index (Phi) is 3.09.